The maximum absolute atomic E-state index is 12.7. The third kappa shape index (κ3) is 2.43. The number of Topliss-reactive ketones (excluding diaryl/α,β-unsaturated/α-hetero) is 1. The van der Waals surface area contributed by atoms with E-state index in [1.165, 1.54) is 6.92 Å². The quantitative estimate of drug-likeness (QED) is 0.734. The first kappa shape index (κ1) is 8.18. The summed E-state index contributed by atoms with van der Waals surface area (Å²) in [6.45, 7) is -4.44. The number of hydrogen-bond donors (Lipinski definition) is 0. The van der Waals surface area contributed by atoms with E-state index < -0.39 is 36.4 Å². The van der Waals surface area contributed by atoms with Crippen molar-refractivity contribution in [3.8, 4) is 0 Å². The van der Waals surface area contributed by atoms with Crippen LogP contribution in [0.4, 0.5) is 0 Å². The molecular formula is C13H18N4O3. The van der Waals surface area contributed by atoms with E-state index in [2.05, 4.69) is 4.98 Å². The Balaban J connectivity index is 2.70. The zero-order chi connectivity index (χ0) is 19.9. The van der Waals surface area contributed by atoms with E-state index in [-0.39, 0.29) is 25.2 Å². The Morgan fingerprint density at radius 1 is 1.35 bits per heavy atom. The van der Waals surface area contributed by atoms with Crippen LogP contribution in [0.15, 0.2) is 15.9 Å². The molecule has 2 heterocycles. The first-order valence-electron chi connectivity index (χ1n) is 9.09. The molecule has 7 nitrogen and oxygen atoms in total. The molecule has 0 atom stereocenters. The van der Waals surface area contributed by atoms with Crippen molar-refractivity contribution in [1.82, 2.24) is 18.7 Å². The SMILES string of the molecule is [2H]C([2H])([2H])n1cnc2c1c(=O)n(CCCCC(C)=O)c(=O)n2C([2H])([2H])[2H]. The van der Waals surface area contributed by atoms with E-state index in [4.69, 9.17) is 8.22 Å². The van der Waals surface area contributed by atoms with Crippen LogP contribution in [0.25, 0.3) is 11.2 Å². The molecule has 0 amide bonds. The van der Waals surface area contributed by atoms with Gasteiger partial charge < -0.3 is 9.36 Å². The monoisotopic (exact) mass is 284 g/mol. The number of aryl methyl sites for hydroxylation is 2. The average Bonchev–Trinajstić information content (AvgIpc) is 2.89. The summed E-state index contributed by atoms with van der Waals surface area (Å²) in [4.78, 5) is 39.9. The van der Waals surface area contributed by atoms with Crippen molar-refractivity contribution >= 4 is 16.9 Å². The standard InChI is InChI=1S/C13H18N4O3/c1-9(18)6-4-5-7-17-12(19)10-11(14-8-15(10)2)16(3)13(17)20/h8H,4-7H2,1-3H3/i2D3,3D3. The summed E-state index contributed by atoms with van der Waals surface area (Å²) >= 11 is 0. The zero-order valence-corrected chi connectivity index (χ0v) is 10.9. The molecule has 0 saturated heterocycles. The van der Waals surface area contributed by atoms with Crippen LogP contribution >= 0.6 is 0 Å². The zero-order valence-electron chi connectivity index (χ0n) is 16.9. The van der Waals surface area contributed by atoms with Crippen LogP contribution < -0.4 is 11.2 Å². The van der Waals surface area contributed by atoms with Crippen LogP contribution in [0.3, 0.4) is 0 Å². The second-order valence-corrected chi connectivity index (χ2v) is 4.52. The van der Waals surface area contributed by atoms with Crippen molar-refractivity contribution in [1.29, 1.82) is 0 Å². The molecule has 0 aliphatic heterocycles. The third-order valence-electron chi connectivity index (χ3n) is 2.99. The Morgan fingerprint density at radius 2 is 2.15 bits per heavy atom. The summed E-state index contributed by atoms with van der Waals surface area (Å²) in [7, 11) is 0. The molecular weight excluding hydrogens is 260 g/mol. The lowest BCUT2D eigenvalue weighted by atomic mass is 10.2. The molecule has 2 aromatic rings. The fraction of sp³-hybridized carbons (Fsp3) is 0.538. The van der Waals surface area contributed by atoms with Crippen molar-refractivity contribution in [3.63, 3.8) is 0 Å². The minimum absolute atomic E-state index is 0.0480. The summed E-state index contributed by atoms with van der Waals surface area (Å²) in [5, 5.41) is 0. The lowest BCUT2D eigenvalue weighted by Gasteiger charge is -2.08. The summed E-state index contributed by atoms with van der Waals surface area (Å²) in [6, 6.07) is 0. The first-order chi connectivity index (χ1) is 11.9. The molecule has 0 aliphatic rings. The van der Waals surface area contributed by atoms with Gasteiger partial charge in [-0.15, -0.1) is 0 Å². The number of carbonyl (C=O) groups excluding carboxylic acids is 1. The molecule has 0 radical (unpaired) electrons. The average molecular weight is 284 g/mol. The smallest absolute Gasteiger partial charge is 0.328 e. The van der Waals surface area contributed by atoms with Gasteiger partial charge in [-0.25, -0.2) is 9.78 Å². The Labute approximate surface area is 123 Å². The number of aromatic nitrogens is 4. The summed E-state index contributed by atoms with van der Waals surface area (Å²) in [6.07, 6.45) is 1.77. The summed E-state index contributed by atoms with van der Waals surface area (Å²) < 4.78 is 46.7. The number of ketones is 1. The molecule has 20 heavy (non-hydrogen) atoms. The molecule has 0 aliphatic carbocycles. The van der Waals surface area contributed by atoms with Gasteiger partial charge in [0.1, 0.15) is 5.78 Å². The molecule has 2 rings (SSSR count). The lowest BCUT2D eigenvalue weighted by molar-refractivity contribution is -0.117. The van der Waals surface area contributed by atoms with Crippen LogP contribution in [0, 0.1) is 0 Å². The highest BCUT2D eigenvalue weighted by molar-refractivity contribution is 5.75. The van der Waals surface area contributed by atoms with Crippen molar-refractivity contribution in [2.24, 2.45) is 14.0 Å². The number of carbonyl (C=O) groups is 1. The first-order valence-corrected chi connectivity index (χ1v) is 6.09. The summed E-state index contributed by atoms with van der Waals surface area (Å²) in [5.74, 6) is -0.0480. The fourth-order valence-electron chi connectivity index (χ4n) is 1.97. The van der Waals surface area contributed by atoms with Crippen LogP contribution in [0.5, 0.6) is 0 Å². The number of unbranched alkanes of at least 4 members (excludes halogenated alkanes) is 1. The van der Waals surface area contributed by atoms with Crippen LogP contribution in [-0.2, 0) is 25.3 Å². The van der Waals surface area contributed by atoms with Crippen molar-refractivity contribution in [3.05, 3.63) is 27.2 Å². The van der Waals surface area contributed by atoms with Gasteiger partial charge in [0.05, 0.1) is 6.33 Å². The maximum Gasteiger partial charge on any atom is 0.332 e. The second-order valence-electron chi connectivity index (χ2n) is 4.52. The van der Waals surface area contributed by atoms with E-state index in [1.807, 2.05) is 0 Å². The predicted octanol–water partition coefficient (Wildman–Crippen LogP) is 0.193. The van der Waals surface area contributed by atoms with Crippen LogP contribution in [0.2, 0.25) is 0 Å². The lowest BCUT2D eigenvalue weighted by Crippen LogP contribution is -2.39. The van der Waals surface area contributed by atoms with E-state index in [9.17, 15) is 14.4 Å². The molecule has 2 aromatic heterocycles. The minimum Gasteiger partial charge on any atom is -0.328 e. The predicted molar refractivity (Wildman–Crippen MR) is 74.7 cm³/mol. The van der Waals surface area contributed by atoms with Gasteiger partial charge in [-0.1, -0.05) is 0 Å². The van der Waals surface area contributed by atoms with Gasteiger partial charge in [0, 0.05) is 35.1 Å². The van der Waals surface area contributed by atoms with Crippen molar-refractivity contribution in [2.75, 3.05) is 0 Å². The van der Waals surface area contributed by atoms with Crippen molar-refractivity contribution < 1.29 is 13.0 Å². The summed E-state index contributed by atoms with van der Waals surface area (Å²) in [5.41, 5.74) is -3.01. The maximum atomic E-state index is 12.7. The molecule has 0 fully saturated rings. The Kier molecular flexibility index (Phi) is 2.23. The number of nitrogens with zero attached hydrogens (tertiary/aromatic N) is 4. The van der Waals surface area contributed by atoms with Gasteiger partial charge in [0.2, 0.25) is 0 Å². The molecule has 0 spiro atoms. The fourth-order valence-corrected chi connectivity index (χ4v) is 1.97. The normalized spacial score (nSPS) is 16.9. The van der Waals surface area contributed by atoms with Crippen LogP contribution in [0.1, 0.15) is 34.4 Å². The molecule has 0 unspecified atom stereocenters. The van der Waals surface area contributed by atoms with Gasteiger partial charge in [-0.2, -0.15) is 0 Å². The number of hydrogen-bond acceptors (Lipinski definition) is 4. The number of imidazole rings is 1. The van der Waals surface area contributed by atoms with Crippen LogP contribution in [-0.4, -0.2) is 24.5 Å². The van der Waals surface area contributed by atoms with Gasteiger partial charge in [0.25, 0.3) is 5.56 Å². The Bertz CT molecular complexity index is 950. The molecule has 7 heteroatoms. The largest absolute Gasteiger partial charge is 0.332 e. The topological polar surface area (TPSA) is 78.9 Å². The third-order valence-corrected chi connectivity index (χ3v) is 2.99. The molecule has 108 valence electrons. The van der Waals surface area contributed by atoms with Gasteiger partial charge >= 0.3 is 5.69 Å². The highest BCUT2D eigenvalue weighted by Gasteiger charge is 2.14. The molecule has 0 bridgehead atoms. The van der Waals surface area contributed by atoms with Crippen molar-refractivity contribution in [2.45, 2.75) is 32.7 Å². The highest BCUT2D eigenvalue weighted by atomic mass is 16.2. The van der Waals surface area contributed by atoms with Gasteiger partial charge in [-0.3, -0.25) is 13.9 Å². The van der Waals surface area contributed by atoms with E-state index >= 15 is 0 Å². The Hall–Kier alpha value is -2.18. The van der Waals surface area contributed by atoms with E-state index in [0.717, 1.165) is 6.33 Å². The Morgan fingerprint density at radius 3 is 2.80 bits per heavy atom. The number of rotatable bonds is 5. The van der Waals surface area contributed by atoms with Gasteiger partial charge in [0.15, 0.2) is 11.2 Å². The van der Waals surface area contributed by atoms with E-state index in [1.54, 1.807) is 0 Å². The number of fused-ring (bicyclic) bond motifs is 1. The molecule has 0 N–H and O–H groups in total. The highest BCUT2D eigenvalue weighted by Crippen LogP contribution is 2.04. The second kappa shape index (κ2) is 5.44. The molecule has 0 saturated carbocycles. The van der Waals surface area contributed by atoms with Gasteiger partial charge in [-0.05, 0) is 19.8 Å². The molecule has 0 aromatic carbocycles. The van der Waals surface area contributed by atoms with E-state index in [0.29, 0.717) is 20.1 Å². The minimum atomic E-state index is -2.95.